The van der Waals surface area contributed by atoms with Crippen molar-refractivity contribution in [3.05, 3.63) is 48.0 Å². The number of hydrogen-bond donors (Lipinski definition) is 3. The molecule has 3 rings (SSSR count). The van der Waals surface area contributed by atoms with Crippen LogP contribution in [0.2, 0.25) is 0 Å². The minimum absolute atomic E-state index is 0.100. The van der Waals surface area contributed by atoms with Crippen molar-refractivity contribution in [3.63, 3.8) is 0 Å². The highest BCUT2D eigenvalue weighted by atomic mass is 32.2. The molecule has 2 atom stereocenters. The number of nitrogens with zero attached hydrogens (tertiary/aromatic N) is 2. The maximum atomic E-state index is 12.2. The Bertz CT molecular complexity index is 1070. The number of likely N-dealkylation sites (tertiary alicyclic amines) is 1. The SMILES string of the molecule is C#CCNC(=O)CCNC(=O)CN(CC1CCN(C(C)c2cccc3ccccc23)CC1)S(=O)O. The van der Waals surface area contributed by atoms with E-state index in [0.29, 0.717) is 6.54 Å². The van der Waals surface area contributed by atoms with Gasteiger partial charge in [0.1, 0.15) is 0 Å². The summed E-state index contributed by atoms with van der Waals surface area (Å²) in [5.41, 5.74) is 1.31. The van der Waals surface area contributed by atoms with Crippen LogP contribution in [0.4, 0.5) is 0 Å². The van der Waals surface area contributed by atoms with Gasteiger partial charge in [0.25, 0.3) is 0 Å². The normalized spacial score (nSPS) is 16.5. The van der Waals surface area contributed by atoms with Gasteiger partial charge >= 0.3 is 0 Å². The fraction of sp³-hybridized carbons (Fsp3) is 0.462. The topological polar surface area (TPSA) is 102 Å². The van der Waals surface area contributed by atoms with Crippen molar-refractivity contribution in [2.24, 2.45) is 5.92 Å². The van der Waals surface area contributed by atoms with E-state index in [9.17, 15) is 18.4 Å². The van der Waals surface area contributed by atoms with Gasteiger partial charge in [-0.1, -0.05) is 48.4 Å². The molecule has 0 aromatic heterocycles. The van der Waals surface area contributed by atoms with Crippen LogP contribution in [-0.4, -0.2) is 69.0 Å². The lowest BCUT2D eigenvalue weighted by Gasteiger charge is -2.37. The Labute approximate surface area is 209 Å². The summed E-state index contributed by atoms with van der Waals surface area (Å²) in [5, 5.41) is 7.65. The van der Waals surface area contributed by atoms with Crippen LogP contribution in [-0.2, 0) is 20.9 Å². The summed E-state index contributed by atoms with van der Waals surface area (Å²) in [5.74, 6) is 1.89. The van der Waals surface area contributed by atoms with Crippen LogP contribution in [0.1, 0.15) is 37.8 Å². The van der Waals surface area contributed by atoms with E-state index in [0.717, 1.165) is 25.9 Å². The van der Waals surface area contributed by atoms with Gasteiger partial charge in [-0.15, -0.1) is 6.42 Å². The molecular formula is C26H34N4O4S. The third-order valence-corrected chi connectivity index (χ3v) is 7.25. The number of carbonyl (C=O) groups excluding carboxylic acids is 2. The summed E-state index contributed by atoms with van der Waals surface area (Å²) in [6.45, 7) is 4.47. The van der Waals surface area contributed by atoms with Crippen molar-refractivity contribution in [1.29, 1.82) is 0 Å². The first-order valence-electron chi connectivity index (χ1n) is 11.9. The number of terminal acetylenes is 1. The molecule has 1 heterocycles. The lowest BCUT2D eigenvalue weighted by molar-refractivity contribution is -0.122. The van der Waals surface area contributed by atoms with Crippen molar-refractivity contribution < 1.29 is 18.4 Å². The zero-order valence-electron chi connectivity index (χ0n) is 20.1. The first kappa shape index (κ1) is 26.8. The molecule has 2 aromatic carbocycles. The number of fused-ring (bicyclic) bond motifs is 1. The average Bonchev–Trinajstić information content (AvgIpc) is 2.86. The number of benzene rings is 2. The quantitative estimate of drug-likeness (QED) is 0.326. The van der Waals surface area contributed by atoms with Crippen molar-refractivity contribution in [2.45, 2.75) is 32.2 Å². The molecule has 1 aliphatic heterocycles. The van der Waals surface area contributed by atoms with Crippen molar-refractivity contribution >= 4 is 33.9 Å². The van der Waals surface area contributed by atoms with Gasteiger partial charge in [-0.05, 0) is 55.1 Å². The number of rotatable bonds is 11. The third-order valence-electron chi connectivity index (χ3n) is 6.53. The zero-order chi connectivity index (χ0) is 25.2. The summed E-state index contributed by atoms with van der Waals surface area (Å²) in [4.78, 5) is 26.2. The minimum atomic E-state index is -2.25. The van der Waals surface area contributed by atoms with Crippen LogP contribution in [0, 0.1) is 18.3 Å². The van der Waals surface area contributed by atoms with E-state index < -0.39 is 11.3 Å². The van der Waals surface area contributed by atoms with E-state index in [2.05, 4.69) is 70.8 Å². The van der Waals surface area contributed by atoms with E-state index >= 15 is 0 Å². The summed E-state index contributed by atoms with van der Waals surface area (Å²) in [6.07, 6.45) is 6.96. The number of amides is 2. The number of carbonyl (C=O) groups is 2. The number of nitrogens with one attached hydrogen (secondary N) is 2. The largest absolute Gasteiger partial charge is 0.354 e. The van der Waals surface area contributed by atoms with Gasteiger partial charge in [-0.2, -0.15) is 4.31 Å². The molecular weight excluding hydrogens is 464 g/mol. The molecule has 35 heavy (non-hydrogen) atoms. The fourth-order valence-corrected chi connectivity index (χ4v) is 5.14. The van der Waals surface area contributed by atoms with Gasteiger partial charge in [0.15, 0.2) is 0 Å². The van der Waals surface area contributed by atoms with Gasteiger partial charge in [0, 0.05) is 25.6 Å². The Morgan fingerprint density at radius 3 is 2.60 bits per heavy atom. The summed E-state index contributed by atoms with van der Waals surface area (Å²) in [6, 6.07) is 15.1. The third kappa shape index (κ3) is 7.87. The van der Waals surface area contributed by atoms with E-state index in [4.69, 9.17) is 6.42 Å². The van der Waals surface area contributed by atoms with E-state index in [1.54, 1.807) is 0 Å². The molecule has 2 amide bonds. The Hall–Kier alpha value is -2.77. The second-order valence-corrected chi connectivity index (χ2v) is 9.84. The van der Waals surface area contributed by atoms with E-state index in [1.807, 2.05) is 0 Å². The molecule has 1 aliphatic rings. The van der Waals surface area contributed by atoms with Crippen molar-refractivity contribution in [1.82, 2.24) is 19.8 Å². The van der Waals surface area contributed by atoms with Crippen LogP contribution in [0.25, 0.3) is 10.8 Å². The first-order valence-corrected chi connectivity index (χ1v) is 13.0. The second-order valence-electron chi connectivity index (χ2n) is 8.86. The number of hydrogen-bond acceptors (Lipinski definition) is 4. The molecule has 2 unspecified atom stereocenters. The van der Waals surface area contributed by atoms with Gasteiger partial charge in [0.05, 0.1) is 13.1 Å². The molecule has 0 radical (unpaired) electrons. The molecule has 8 nitrogen and oxygen atoms in total. The highest BCUT2D eigenvalue weighted by Gasteiger charge is 2.27. The second kappa shape index (κ2) is 13.4. The Balaban J connectivity index is 1.47. The van der Waals surface area contributed by atoms with E-state index in [1.165, 1.54) is 20.6 Å². The van der Waals surface area contributed by atoms with Crippen LogP contribution in [0.3, 0.4) is 0 Å². The summed E-state index contributed by atoms with van der Waals surface area (Å²) in [7, 11) is 0. The first-order chi connectivity index (χ1) is 16.9. The highest BCUT2D eigenvalue weighted by Crippen LogP contribution is 2.31. The van der Waals surface area contributed by atoms with Crippen LogP contribution < -0.4 is 10.6 Å². The number of piperidine rings is 1. The lowest BCUT2D eigenvalue weighted by atomic mass is 9.93. The smallest absolute Gasteiger partial charge is 0.235 e. The van der Waals surface area contributed by atoms with E-state index in [-0.39, 0.29) is 49.8 Å². The minimum Gasteiger partial charge on any atom is -0.354 e. The van der Waals surface area contributed by atoms with Gasteiger partial charge < -0.3 is 10.6 Å². The molecule has 3 N–H and O–H groups in total. The summed E-state index contributed by atoms with van der Waals surface area (Å²) >= 11 is -2.25. The lowest BCUT2D eigenvalue weighted by Crippen LogP contribution is -2.44. The molecule has 9 heteroatoms. The predicted octanol–water partition coefficient (Wildman–Crippen LogP) is 2.31. The molecule has 2 aromatic rings. The molecule has 0 spiro atoms. The van der Waals surface area contributed by atoms with Gasteiger partial charge in [0.2, 0.25) is 23.1 Å². The molecule has 188 valence electrons. The molecule has 0 saturated carbocycles. The highest BCUT2D eigenvalue weighted by molar-refractivity contribution is 7.76. The van der Waals surface area contributed by atoms with Crippen molar-refractivity contribution in [2.75, 3.05) is 39.3 Å². The fourth-order valence-electron chi connectivity index (χ4n) is 4.58. The maximum Gasteiger partial charge on any atom is 0.235 e. The van der Waals surface area contributed by atoms with Crippen molar-refractivity contribution in [3.8, 4) is 12.3 Å². The van der Waals surface area contributed by atoms with Crippen LogP contribution >= 0.6 is 0 Å². The Morgan fingerprint density at radius 1 is 1.17 bits per heavy atom. The van der Waals surface area contributed by atoms with Crippen LogP contribution in [0.5, 0.6) is 0 Å². The molecule has 0 bridgehead atoms. The predicted molar refractivity (Wildman–Crippen MR) is 138 cm³/mol. The standard InChI is InChI=1S/C26H34N4O4S/c1-3-14-27-25(31)11-15-28-26(32)19-30(35(33)34)18-21-12-16-29(17-13-21)20(2)23-10-6-8-22-7-4-5-9-24(22)23/h1,4-10,20-21H,11-19H2,2H3,(H,27,31)(H,28,32)(H,33,34). The Morgan fingerprint density at radius 2 is 1.89 bits per heavy atom. The maximum absolute atomic E-state index is 12.2. The van der Waals surface area contributed by atoms with Gasteiger partial charge in [-0.25, -0.2) is 4.21 Å². The molecule has 1 saturated heterocycles. The van der Waals surface area contributed by atoms with Crippen LogP contribution in [0.15, 0.2) is 42.5 Å². The average molecular weight is 499 g/mol. The Kier molecular flexibility index (Phi) is 10.2. The molecule has 0 aliphatic carbocycles. The zero-order valence-corrected chi connectivity index (χ0v) is 20.9. The monoisotopic (exact) mass is 498 g/mol. The summed E-state index contributed by atoms with van der Waals surface area (Å²) < 4.78 is 22.9. The van der Waals surface area contributed by atoms with Gasteiger partial charge in [-0.3, -0.25) is 19.0 Å². The molecule has 1 fully saturated rings.